The van der Waals surface area contributed by atoms with Gasteiger partial charge in [-0.05, 0) is 5.56 Å². The fourth-order valence-corrected chi connectivity index (χ4v) is 2.00. The molecule has 5 N–H and O–H groups in total. The topological polar surface area (TPSA) is 85.8 Å². The molecule has 1 aromatic rings. The van der Waals surface area contributed by atoms with Gasteiger partial charge in [-0.15, -0.1) is 0 Å². The maximum Gasteiger partial charge on any atom is 0.322 e. The lowest BCUT2D eigenvalue weighted by Crippen LogP contribution is -3.00. The molecule has 0 saturated carbocycles. The molecule has 17 heavy (non-hydrogen) atoms. The van der Waals surface area contributed by atoms with E-state index in [4.69, 9.17) is 0 Å². The predicted octanol–water partition coefficient (Wildman–Crippen LogP) is -3.64. The Labute approximate surface area is 105 Å². The van der Waals surface area contributed by atoms with Crippen molar-refractivity contribution >= 4 is 11.9 Å². The van der Waals surface area contributed by atoms with E-state index in [2.05, 4.69) is 16.4 Å². The Kier molecular flexibility index (Phi) is 4.09. The summed E-state index contributed by atoms with van der Waals surface area (Å²) >= 11 is 0. The Balaban J connectivity index is 0.00000144. The molecule has 1 aliphatic rings. The Morgan fingerprint density at radius 3 is 2.29 bits per heavy atom. The first-order valence-electron chi connectivity index (χ1n) is 5.17. The molecule has 0 unspecified atom stereocenters. The van der Waals surface area contributed by atoms with E-state index in [-0.39, 0.29) is 18.3 Å². The van der Waals surface area contributed by atoms with Crippen molar-refractivity contribution in [1.82, 2.24) is 10.6 Å². The van der Waals surface area contributed by atoms with Crippen molar-refractivity contribution in [1.29, 1.82) is 0 Å². The second kappa shape index (κ2) is 5.16. The SMILES string of the molecule is [Cl-].[NH3+]CC[C@]1(c2ccccc2)NC(=O)NC1=O. The van der Waals surface area contributed by atoms with Gasteiger partial charge in [0.1, 0.15) is 0 Å². The molecule has 0 aromatic heterocycles. The van der Waals surface area contributed by atoms with Crippen LogP contribution >= 0.6 is 0 Å². The highest BCUT2D eigenvalue weighted by Crippen LogP contribution is 2.27. The van der Waals surface area contributed by atoms with Crippen molar-refractivity contribution in [3.8, 4) is 0 Å². The highest BCUT2D eigenvalue weighted by atomic mass is 35.5. The lowest BCUT2D eigenvalue weighted by atomic mass is 9.87. The van der Waals surface area contributed by atoms with Gasteiger partial charge in [0.25, 0.3) is 5.91 Å². The molecule has 0 radical (unpaired) electrons. The van der Waals surface area contributed by atoms with E-state index in [1.165, 1.54) is 0 Å². The minimum Gasteiger partial charge on any atom is -1.00 e. The molecule has 2 rings (SSSR count). The fraction of sp³-hybridized carbons (Fsp3) is 0.273. The molecule has 0 spiro atoms. The van der Waals surface area contributed by atoms with E-state index < -0.39 is 11.6 Å². The number of benzene rings is 1. The first-order chi connectivity index (χ1) is 7.69. The van der Waals surface area contributed by atoms with Gasteiger partial charge < -0.3 is 23.5 Å². The first-order valence-corrected chi connectivity index (χ1v) is 5.17. The van der Waals surface area contributed by atoms with Crippen molar-refractivity contribution < 1.29 is 27.7 Å². The number of halogens is 1. The highest BCUT2D eigenvalue weighted by Gasteiger charge is 2.47. The molecule has 3 amide bonds. The third-order valence-corrected chi connectivity index (χ3v) is 2.76. The third kappa shape index (κ3) is 2.25. The number of quaternary nitrogens is 1. The standard InChI is InChI=1S/C11H13N3O2.ClH/c12-7-6-11(8-4-2-1-3-5-8)9(15)13-10(16)14-11;/h1-5H,6-7,12H2,(H2,13,14,15,16);1H/t11-;/m1./s1. The van der Waals surface area contributed by atoms with Gasteiger partial charge in [-0.1, -0.05) is 30.3 Å². The average Bonchev–Trinajstić information content (AvgIpc) is 2.57. The molecule has 5 nitrogen and oxygen atoms in total. The molecule has 1 saturated heterocycles. The van der Waals surface area contributed by atoms with Crippen LogP contribution in [0.3, 0.4) is 0 Å². The number of imide groups is 1. The van der Waals surface area contributed by atoms with E-state index in [1.54, 1.807) is 0 Å². The maximum atomic E-state index is 11.9. The van der Waals surface area contributed by atoms with E-state index in [9.17, 15) is 9.59 Å². The summed E-state index contributed by atoms with van der Waals surface area (Å²) in [5.41, 5.74) is 3.60. The monoisotopic (exact) mass is 255 g/mol. The van der Waals surface area contributed by atoms with Gasteiger partial charge in [-0.25, -0.2) is 4.79 Å². The molecule has 1 fully saturated rings. The summed E-state index contributed by atoms with van der Waals surface area (Å²) in [7, 11) is 0. The van der Waals surface area contributed by atoms with Gasteiger partial charge in [0.2, 0.25) is 0 Å². The summed E-state index contributed by atoms with van der Waals surface area (Å²) in [5, 5.41) is 4.97. The molecule has 92 valence electrons. The number of hydrogen-bond donors (Lipinski definition) is 3. The lowest BCUT2D eigenvalue weighted by Gasteiger charge is -2.24. The van der Waals surface area contributed by atoms with Crippen LogP contribution in [0.2, 0.25) is 0 Å². The summed E-state index contributed by atoms with van der Waals surface area (Å²) in [5.74, 6) is -0.299. The lowest BCUT2D eigenvalue weighted by molar-refractivity contribution is -0.370. The van der Waals surface area contributed by atoms with Crippen molar-refractivity contribution in [2.75, 3.05) is 6.54 Å². The molecule has 1 aromatic carbocycles. The van der Waals surface area contributed by atoms with Crippen molar-refractivity contribution in [3.05, 3.63) is 35.9 Å². The first kappa shape index (κ1) is 13.5. The van der Waals surface area contributed by atoms with Crippen LogP contribution in [0, 0.1) is 0 Å². The van der Waals surface area contributed by atoms with E-state index >= 15 is 0 Å². The van der Waals surface area contributed by atoms with Crippen molar-refractivity contribution in [2.24, 2.45) is 0 Å². The van der Waals surface area contributed by atoms with E-state index in [0.717, 1.165) is 5.56 Å². The summed E-state index contributed by atoms with van der Waals surface area (Å²) < 4.78 is 0. The largest absolute Gasteiger partial charge is 1.00 e. The Bertz CT molecular complexity index is 424. The van der Waals surface area contributed by atoms with Crippen LogP contribution in [-0.2, 0) is 10.3 Å². The van der Waals surface area contributed by atoms with Gasteiger partial charge in [-0.3, -0.25) is 10.1 Å². The van der Waals surface area contributed by atoms with E-state index in [0.29, 0.717) is 13.0 Å². The van der Waals surface area contributed by atoms with Crippen molar-refractivity contribution in [3.63, 3.8) is 0 Å². The normalized spacial score (nSPS) is 22.6. The molecular weight excluding hydrogens is 242 g/mol. The quantitative estimate of drug-likeness (QED) is 0.487. The smallest absolute Gasteiger partial charge is 0.322 e. The minimum atomic E-state index is -0.944. The summed E-state index contributed by atoms with van der Waals surface area (Å²) in [6, 6.07) is 8.79. The minimum absolute atomic E-state index is 0. The zero-order valence-corrected chi connectivity index (χ0v) is 9.96. The number of carbonyl (C=O) groups excluding carboxylic acids is 2. The number of carbonyl (C=O) groups is 2. The predicted molar refractivity (Wildman–Crippen MR) is 57.2 cm³/mol. The molecular formula is C11H14ClN3O2. The zero-order chi connectivity index (χ0) is 11.6. The second-order valence-electron chi connectivity index (χ2n) is 3.78. The molecule has 6 heteroatoms. The molecule has 1 atom stereocenters. The van der Waals surface area contributed by atoms with Gasteiger partial charge in [-0.2, -0.15) is 0 Å². The van der Waals surface area contributed by atoms with Crippen LogP contribution < -0.4 is 28.8 Å². The van der Waals surface area contributed by atoms with Gasteiger partial charge in [0.15, 0.2) is 5.54 Å². The molecule has 1 heterocycles. The van der Waals surface area contributed by atoms with Crippen LogP contribution in [-0.4, -0.2) is 18.5 Å². The van der Waals surface area contributed by atoms with Crippen LogP contribution in [0.5, 0.6) is 0 Å². The van der Waals surface area contributed by atoms with Crippen LogP contribution in [0.15, 0.2) is 30.3 Å². The van der Waals surface area contributed by atoms with Crippen LogP contribution in [0.1, 0.15) is 12.0 Å². The number of rotatable bonds is 3. The number of amides is 3. The third-order valence-electron chi connectivity index (χ3n) is 2.76. The summed E-state index contributed by atoms with van der Waals surface area (Å²) in [6.45, 7) is 0.572. The molecule has 0 aliphatic carbocycles. The van der Waals surface area contributed by atoms with E-state index in [1.807, 2.05) is 30.3 Å². The van der Waals surface area contributed by atoms with Gasteiger partial charge in [0.05, 0.1) is 6.54 Å². The fourth-order valence-electron chi connectivity index (χ4n) is 2.00. The van der Waals surface area contributed by atoms with Gasteiger partial charge >= 0.3 is 6.03 Å². The zero-order valence-electron chi connectivity index (χ0n) is 9.20. The Morgan fingerprint density at radius 1 is 1.18 bits per heavy atom. The van der Waals surface area contributed by atoms with Crippen molar-refractivity contribution in [2.45, 2.75) is 12.0 Å². The molecule has 0 bridgehead atoms. The Hall–Kier alpha value is -1.59. The molecule has 1 aliphatic heterocycles. The van der Waals surface area contributed by atoms with Crippen LogP contribution in [0.4, 0.5) is 4.79 Å². The van der Waals surface area contributed by atoms with Gasteiger partial charge in [0, 0.05) is 6.42 Å². The number of urea groups is 1. The number of hydrogen-bond acceptors (Lipinski definition) is 2. The second-order valence-corrected chi connectivity index (χ2v) is 3.78. The summed E-state index contributed by atoms with van der Waals surface area (Å²) in [4.78, 5) is 23.1. The summed E-state index contributed by atoms with van der Waals surface area (Å²) in [6.07, 6.45) is 0.495. The highest BCUT2D eigenvalue weighted by molar-refractivity contribution is 6.07. The Morgan fingerprint density at radius 2 is 1.82 bits per heavy atom. The average molecular weight is 256 g/mol. The maximum absolute atomic E-state index is 11.9. The van der Waals surface area contributed by atoms with Crippen LogP contribution in [0.25, 0.3) is 0 Å². The number of nitrogens with one attached hydrogen (secondary N) is 2.